The van der Waals surface area contributed by atoms with Crippen molar-refractivity contribution >= 4 is 29.4 Å². The van der Waals surface area contributed by atoms with E-state index in [1.165, 1.54) is 48.4 Å². The quantitative estimate of drug-likeness (QED) is 0.184. The van der Waals surface area contributed by atoms with E-state index in [-0.39, 0.29) is 23.1 Å². The van der Waals surface area contributed by atoms with Crippen LogP contribution in [0.3, 0.4) is 0 Å². The Morgan fingerprint density at radius 3 is 2.64 bits per heavy atom. The fraction of sp³-hybridized carbons (Fsp3) is 0.571. The largest absolute Gasteiger partial charge is 0.507 e. The fourth-order valence-electron chi connectivity index (χ4n) is 4.22. The molecule has 1 fully saturated rings. The molecule has 2 heterocycles. The number of aliphatic imine (C=N–C) groups is 1. The highest BCUT2D eigenvalue weighted by atomic mass is 32.1. The second-order valence-corrected chi connectivity index (χ2v) is 11.2. The Bertz CT molecular complexity index is 1130. The Balaban J connectivity index is 1.57. The SMILES string of the molecule is COC(=O)N=CCCCC(C)c1cc(O)c(C(=O)C(C)C(C)Cc2ccc(CCC3CC3)s2)c(=O)o1. The van der Waals surface area contributed by atoms with Crippen molar-refractivity contribution in [3.05, 3.63) is 49.7 Å². The maximum Gasteiger partial charge on any atom is 0.432 e. The molecule has 7 nitrogen and oxygen atoms in total. The van der Waals surface area contributed by atoms with E-state index in [1.807, 2.05) is 25.2 Å². The Morgan fingerprint density at radius 1 is 1.25 bits per heavy atom. The number of Topliss-reactive ketones (excluding diaryl/α,β-unsaturated/α-hetero) is 1. The van der Waals surface area contributed by atoms with Crippen LogP contribution < -0.4 is 5.63 Å². The summed E-state index contributed by atoms with van der Waals surface area (Å²) in [6, 6.07) is 5.71. The summed E-state index contributed by atoms with van der Waals surface area (Å²) in [5.74, 6) is -0.0565. The van der Waals surface area contributed by atoms with Gasteiger partial charge in [-0.05, 0) is 62.5 Å². The van der Waals surface area contributed by atoms with Gasteiger partial charge >= 0.3 is 11.7 Å². The molecule has 0 aliphatic heterocycles. The molecule has 8 heteroatoms. The number of carbonyl (C=O) groups excluding carboxylic acids is 2. The third-order valence-electron chi connectivity index (χ3n) is 7.03. The maximum atomic E-state index is 13.1. The molecule has 3 unspecified atom stereocenters. The Labute approximate surface area is 216 Å². The maximum absolute atomic E-state index is 13.1. The lowest BCUT2D eigenvalue weighted by Gasteiger charge is -2.18. The zero-order chi connectivity index (χ0) is 26.2. The highest BCUT2D eigenvalue weighted by Crippen LogP contribution is 2.35. The summed E-state index contributed by atoms with van der Waals surface area (Å²) in [5.41, 5.74) is -1.07. The van der Waals surface area contributed by atoms with Crippen molar-refractivity contribution in [1.82, 2.24) is 0 Å². The number of hydrogen-bond donors (Lipinski definition) is 1. The fourth-order valence-corrected chi connectivity index (χ4v) is 5.39. The Morgan fingerprint density at radius 2 is 1.97 bits per heavy atom. The number of amides is 1. The highest BCUT2D eigenvalue weighted by Gasteiger charge is 2.29. The molecule has 2 aromatic rings. The van der Waals surface area contributed by atoms with Crippen molar-refractivity contribution in [3.8, 4) is 5.75 Å². The van der Waals surface area contributed by atoms with Crippen LogP contribution in [0, 0.1) is 17.8 Å². The molecule has 0 aromatic carbocycles. The number of aryl methyl sites for hydroxylation is 1. The number of carbonyl (C=O) groups is 2. The first-order valence-corrected chi connectivity index (χ1v) is 13.6. The molecule has 1 amide bonds. The van der Waals surface area contributed by atoms with Crippen molar-refractivity contribution in [2.75, 3.05) is 7.11 Å². The van der Waals surface area contributed by atoms with Gasteiger partial charge in [0.2, 0.25) is 0 Å². The van der Waals surface area contributed by atoms with Crippen LogP contribution in [0.1, 0.15) is 91.1 Å². The van der Waals surface area contributed by atoms with E-state index in [1.54, 1.807) is 6.92 Å². The van der Waals surface area contributed by atoms with Crippen LogP contribution in [0.15, 0.2) is 32.4 Å². The van der Waals surface area contributed by atoms with Crippen molar-refractivity contribution < 1.29 is 23.8 Å². The van der Waals surface area contributed by atoms with Crippen LogP contribution in [0.25, 0.3) is 0 Å². The molecule has 1 saturated carbocycles. The van der Waals surface area contributed by atoms with Gasteiger partial charge in [0.25, 0.3) is 0 Å². The van der Waals surface area contributed by atoms with E-state index in [0.29, 0.717) is 25.0 Å². The summed E-state index contributed by atoms with van der Waals surface area (Å²) < 4.78 is 9.89. The first kappa shape index (κ1) is 27.8. The van der Waals surface area contributed by atoms with Crippen molar-refractivity contribution in [3.63, 3.8) is 0 Å². The van der Waals surface area contributed by atoms with Gasteiger partial charge in [-0.15, -0.1) is 11.3 Å². The first-order valence-electron chi connectivity index (χ1n) is 12.8. The van der Waals surface area contributed by atoms with Gasteiger partial charge in [-0.25, -0.2) is 9.59 Å². The summed E-state index contributed by atoms with van der Waals surface area (Å²) in [5, 5.41) is 10.6. The molecule has 3 atom stereocenters. The predicted octanol–water partition coefficient (Wildman–Crippen LogP) is 6.56. The molecular formula is C28H37NO6S. The number of hydrogen-bond acceptors (Lipinski definition) is 7. The second-order valence-electron chi connectivity index (χ2n) is 9.99. The Hall–Kier alpha value is -2.74. The number of aromatic hydroxyl groups is 1. The number of thiophene rings is 1. The summed E-state index contributed by atoms with van der Waals surface area (Å²) in [6.45, 7) is 5.69. The zero-order valence-electron chi connectivity index (χ0n) is 21.6. The molecule has 3 rings (SSSR count). The highest BCUT2D eigenvalue weighted by molar-refractivity contribution is 7.12. The van der Waals surface area contributed by atoms with E-state index in [4.69, 9.17) is 4.42 Å². The molecule has 196 valence electrons. The summed E-state index contributed by atoms with van der Waals surface area (Å²) in [7, 11) is 1.27. The number of rotatable bonds is 13. The average molecular weight is 516 g/mol. The molecule has 0 spiro atoms. The number of unbranched alkanes of at least 4 members (excludes halogenated alkanes) is 1. The number of ketones is 1. The average Bonchev–Trinajstić information content (AvgIpc) is 3.58. The first-order chi connectivity index (χ1) is 17.2. The molecule has 1 N–H and O–H groups in total. The van der Waals surface area contributed by atoms with Gasteiger partial charge in [-0.3, -0.25) is 4.79 Å². The minimum Gasteiger partial charge on any atom is -0.507 e. The van der Waals surface area contributed by atoms with Crippen molar-refractivity contribution in [2.24, 2.45) is 22.7 Å². The molecule has 1 aliphatic rings. The molecule has 1 aliphatic carbocycles. The summed E-state index contributed by atoms with van der Waals surface area (Å²) >= 11 is 1.81. The van der Waals surface area contributed by atoms with Gasteiger partial charge in [0, 0.05) is 33.9 Å². The lowest BCUT2D eigenvalue weighted by molar-refractivity contribution is 0.0885. The molecular weight excluding hydrogens is 478 g/mol. The van der Waals surface area contributed by atoms with Crippen LogP contribution in [-0.4, -0.2) is 30.3 Å². The third kappa shape index (κ3) is 7.88. The number of methoxy groups -OCH3 is 1. The van der Waals surface area contributed by atoms with Crippen LogP contribution in [-0.2, 0) is 17.6 Å². The zero-order valence-corrected chi connectivity index (χ0v) is 22.4. The smallest absolute Gasteiger partial charge is 0.432 e. The summed E-state index contributed by atoms with van der Waals surface area (Å²) in [6.07, 6.45) is 8.62. The second kappa shape index (κ2) is 13.0. The minimum absolute atomic E-state index is 0.0106. The predicted molar refractivity (Wildman–Crippen MR) is 142 cm³/mol. The van der Waals surface area contributed by atoms with Gasteiger partial charge in [-0.2, -0.15) is 4.99 Å². The number of nitrogens with zero attached hydrogens (tertiary/aromatic N) is 1. The standard InChI is InChI=1S/C28H37NO6S/c1-17(7-5-6-14-29-28(33)34-4)24-16-23(30)25(27(32)35-24)26(31)19(3)18(2)15-22-13-12-21(36-22)11-10-20-8-9-20/h12-14,16-20,30H,5-11,15H2,1-4H3. The topological polar surface area (TPSA) is 106 Å². The third-order valence-corrected chi connectivity index (χ3v) is 8.19. The molecule has 36 heavy (non-hydrogen) atoms. The van der Waals surface area contributed by atoms with Gasteiger partial charge in [-0.1, -0.05) is 33.6 Å². The van der Waals surface area contributed by atoms with Gasteiger partial charge in [0.1, 0.15) is 17.1 Å². The minimum atomic E-state index is -0.799. The van der Waals surface area contributed by atoms with Gasteiger partial charge in [0.15, 0.2) is 5.78 Å². The van der Waals surface area contributed by atoms with Crippen molar-refractivity contribution in [2.45, 2.75) is 78.1 Å². The van der Waals surface area contributed by atoms with E-state index in [9.17, 15) is 19.5 Å². The molecule has 0 saturated heterocycles. The van der Waals surface area contributed by atoms with E-state index in [2.05, 4.69) is 21.9 Å². The molecule has 0 bridgehead atoms. The lowest BCUT2D eigenvalue weighted by Crippen LogP contribution is -2.26. The molecule has 0 radical (unpaired) electrons. The normalized spacial score (nSPS) is 16.1. The van der Waals surface area contributed by atoms with Gasteiger partial charge in [0.05, 0.1) is 7.11 Å². The van der Waals surface area contributed by atoms with E-state index < -0.39 is 23.4 Å². The lowest BCUT2D eigenvalue weighted by atomic mass is 9.86. The Kier molecular flexibility index (Phi) is 10.0. The molecule has 2 aromatic heterocycles. The van der Waals surface area contributed by atoms with Crippen LogP contribution in [0.4, 0.5) is 4.79 Å². The van der Waals surface area contributed by atoms with Crippen LogP contribution in [0.2, 0.25) is 0 Å². The van der Waals surface area contributed by atoms with Crippen LogP contribution in [0.5, 0.6) is 5.75 Å². The monoisotopic (exact) mass is 515 g/mol. The van der Waals surface area contributed by atoms with Gasteiger partial charge < -0.3 is 14.3 Å². The summed E-state index contributed by atoms with van der Waals surface area (Å²) in [4.78, 5) is 43.1. The number of ether oxygens (including phenoxy) is 1. The van der Waals surface area contributed by atoms with E-state index >= 15 is 0 Å². The van der Waals surface area contributed by atoms with E-state index in [0.717, 1.165) is 18.8 Å². The van der Waals surface area contributed by atoms with Crippen LogP contribution >= 0.6 is 11.3 Å². The van der Waals surface area contributed by atoms with Crippen molar-refractivity contribution in [1.29, 1.82) is 0 Å².